The molecule has 3 aromatic carbocycles. The number of hydrogen-bond donors (Lipinski definition) is 3. The number of nitrogens with one attached hydrogen (secondary N) is 3. The van der Waals surface area contributed by atoms with Crippen LogP contribution in [0, 0.1) is 0 Å². The lowest BCUT2D eigenvalue weighted by Gasteiger charge is -2.32. The van der Waals surface area contributed by atoms with E-state index in [9.17, 15) is 4.79 Å². The zero-order valence-electron chi connectivity index (χ0n) is 20.5. The molecule has 0 spiro atoms. The van der Waals surface area contributed by atoms with Gasteiger partial charge in [0.05, 0.1) is 11.2 Å². The quantitative estimate of drug-likeness (QED) is 0.349. The summed E-state index contributed by atoms with van der Waals surface area (Å²) in [5.41, 5.74) is 2.69. The minimum absolute atomic E-state index is 0.235. The van der Waals surface area contributed by atoms with Gasteiger partial charge >= 0.3 is 14.1 Å². The first kappa shape index (κ1) is 23.8. The third-order valence-electron chi connectivity index (χ3n) is 7.20. The van der Waals surface area contributed by atoms with E-state index in [-0.39, 0.29) is 5.91 Å². The lowest BCUT2D eigenvalue weighted by molar-refractivity contribution is -0.116. The molecule has 1 fully saturated rings. The first-order chi connectivity index (χ1) is 16.6. The Bertz CT molecular complexity index is 1280. The predicted molar refractivity (Wildman–Crippen MR) is 145 cm³/mol. The Balaban J connectivity index is 1.70. The molecule has 1 saturated heterocycles. The van der Waals surface area contributed by atoms with Crippen LogP contribution in [0.15, 0.2) is 66.1 Å². The summed E-state index contributed by atoms with van der Waals surface area (Å²) in [6.45, 7) is 7.47. The van der Waals surface area contributed by atoms with Crippen LogP contribution < -0.4 is 15.8 Å². The molecule has 0 aliphatic carbocycles. The third kappa shape index (κ3) is 4.10. The highest BCUT2D eigenvalue weighted by Crippen LogP contribution is 2.43. The van der Waals surface area contributed by atoms with Gasteiger partial charge in [-0.25, -0.2) is 0 Å². The van der Waals surface area contributed by atoms with Crippen molar-refractivity contribution in [3.63, 3.8) is 0 Å². The van der Waals surface area contributed by atoms with Gasteiger partial charge < -0.3 is 25.1 Å². The molecule has 0 aromatic heterocycles. The Morgan fingerprint density at radius 2 is 1.43 bits per heavy atom. The molecule has 0 atom stereocenters. The lowest BCUT2D eigenvalue weighted by atomic mass is 9.56. The second-order valence-corrected chi connectivity index (χ2v) is 10.4. The maximum Gasteiger partial charge on any atom is 0.495 e. The highest BCUT2D eigenvalue weighted by atomic mass is 35.5. The van der Waals surface area contributed by atoms with Gasteiger partial charge in [-0.3, -0.25) is 4.79 Å². The van der Waals surface area contributed by atoms with E-state index in [2.05, 4.69) is 27.9 Å². The second kappa shape index (κ2) is 8.63. The minimum atomic E-state index is -0.759. The molecule has 35 heavy (non-hydrogen) atoms. The molecule has 5 rings (SSSR count). The normalized spacial score (nSPS) is 18.6. The highest BCUT2D eigenvalue weighted by molar-refractivity contribution is 6.85. The number of likely N-dealkylation sites (N-methyl/N-ethyl adjacent to an activating group) is 1. The van der Waals surface area contributed by atoms with E-state index in [1.54, 1.807) is 19.2 Å². The highest BCUT2D eigenvalue weighted by Gasteiger charge is 2.54. The van der Waals surface area contributed by atoms with Crippen molar-refractivity contribution in [2.75, 3.05) is 17.5 Å². The van der Waals surface area contributed by atoms with Crippen LogP contribution in [-0.4, -0.2) is 38.3 Å². The van der Waals surface area contributed by atoms with Crippen molar-refractivity contribution in [1.29, 1.82) is 0 Å². The average molecular weight is 488 g/mol. The number of amides is 1. The van der Waals surface area contributed by atoms with Crippen LogP contribution in [0.4, 0.5) is 11.4 Å². The molecule has 178 valence electrons. The number of anilines is 2. The molecule has 0 saturated carbocycles. The fourth-order valence-electron chi connectivity index (χ4n) is 4.63. The smallest absolute Gasteiger partial charge is 0.405 e. The molecule has 1 amide bonds. The summed E-state index contributed by atoms with van der Waals surface area (Å²) >= 11 is 6.20. The second-order valence-electron chi connectivity index (χ2n) is 9.93. The molecule has 3 N–H and O–H groups in total. The number of carbonyl (C=O) groups excluding carboxylic acids is 1. The Kier molecular flexibility index (Phi) is 5.86. The molecule has 3 aromatic rings. The molecule has 0 unspecified atom stereocenters. The van der Waals surface area contributed by atoms with Gasteiger partial charge in [0.1, 0.15) is 0 Å². The van der Waals surface area contributed by atoms with Crippen LogP contribution in [0.1, 0.15) is 33.3 Å². The zero-order valence-corrected chi connectivity index (χ0v) is 21.3. The average Bonchev–Trinajstić information content (AvgIpc) is 3.04. The summed E-state index contributed by atoms with van der Waals surface area (Å²) < 4.78 is 12.9. The summed E-state index contributed by atoms with van der Waals surface area (Å²) in [5.74, 6) is -0.235. The summed E-state index contributed by atoms with van der Waals surface area (Å²) in [6.07, 6.45) is 0. The van der Waals surface area contributed by atoms with E-state index in [0.29, 0.717) is 16.0 Å². The number of carbonyl (C=O) groups is 1. The molecule has 2 aliphatic rings. The number of hydrogen-bond acceptors (Lipinski definition) is 5. The monoisotopic (exact) mass is 487 g/mol. The Hall–Kier alpha value is -2.93. The zero-order chi connectivity index (χ0) is 25.0. The molecule has 6 nitrogen and oxygen atoms in total. The van der Waals surface area contributed by atoms with Crippen LogP contribution in [0.3, 0.4) is 0 Å². The van der Waals surface area contributed by atoms with E-state index in [1.807, 2.05) is 64.1 Å². The molecular weight excluding hydrogens is 459 g/mol. The topological polar surface area (TPSA) is 71.6 Å². The maximum atomic E-state index is 13.5. The fraction of sp³-hybridized carbons (Fsp3) is 0.269. The molecule has 9 heteroatoms. The minimum Gasteiger partial charge on any atom is -0.405 e. The van der Waals surface area contributed by atoms with Crippen molar-refractivity contribution < 1.29 is 14.1 Å². The van der Waals surface area contributed by atoms with Gasteiger partial charge in [-0.15, -0.1) is 0 Å². The largest absolute Gasteiger partial charge is 0.495 e. The van der Waals surface area contributed by atoms with Crippen LogP contribution in [-0.2, 0) is 14.1 Å². The lowest BCUT2D eigenvalue weighted by Crippen LogP contribution is -2.46. The molecule has 0 radical (unpaired) electrons. The van der Waals surface area contributed by atoms with E-state index in [0.717, 1.165) is 27.7 Å². The van der Waals surface area contributed by atoms with Crippen LogP contribution >= 0.6 is 11.6 Å². The predicted octanol–water partition coefficient (Wildman–Crippen LogP) is 5.19. The van der Waals surface area contributed by atoms with E-state index in [4.69, 9.17) is 20.9 Å². The van der Waals surface area contributed by atoms with Gasteiger partial charge in [-0.05, 0) is 68.4 Å². The Labute approximate surface area is 211 Å². The number of halogens is 1. The van der Waals surface area contributed by atoms with Gasteiger partial charge in [0.15, 0.2) is 0 Å². The van der Waals surface area contributed by atoms with Crippen molar-refractivity contribution in [2.24, 2.45) is 0 Å². The first-order valence-electron chi connectivity index (χ1n) is 11.7. The molecular formula is C26H28B2ClN3O3. The molecule has 2 aliphatic heterocycles. The van der Waals surface area contributed by atoms with E-state index >= 15 is 0 Å². The van der Waals surface area contributed by atoms with Crippen molar-refractivity contribution in [3.8, 4) is 0 Å². The van der Waals surface area contributed by atoms with Crippen LogP contribution in [0.5, 0.6) is 0 Å². The van der Waals surface area contributed by atoms with Crippen molar-refractivity contribution in [2.45, 2.75) is 38.9 Å². The van der Waals surface area contributed by atoms with Gasteiger partial charge in [0, 0.05) is 34.3 Å². The van der Waals surface area contributed by atoms with Crippen LogP contribution in [0.2, 0.25) is 5.02 Å². The third-order valence-corrected chi connectivity index (χ3v) is 7.45. The van der Waals surface area contributed by atoms with E-state index < -0.39 is 25.3 Å². The summed E-state index contributed by atoms with van der Waals surface area (Å²) in [7, 11) is 0.869. The Morgan fingerprint density at radius 3 is 1.94 bits per heavy atom. The van der Waals surface area contributed by atoms with Crippen molar-refractivity contribution in [1.82, 2.24) is 5.32 Å². The number of rotatable bonds is 4. The molecule has 0 bridgehead atoms. The van der Waals surface area contributed by atoms with Crippen LogP contribution in [0.25, 0.3) is 16.2 Å². The fourth-order valence-corrected chi connectivity index (χ4v) is 4.75. The molecule has 2 heterocycles. The van der Waals surface area contributed by atoms with Crippen molar-refractivity contribution >= 4 is 59.2 Å². The standard InChI is InChI=1S/C26H28B2ClN3O3/c1-25(2)26(3,4)35-28(34-25)22(17-12-14-18(29)15-13-17)23(24(33)30-5)27-31-19-10-6-8-16-9-7-11-20(32-27)21(16)19/h6-15,31-32H,1-5H3,(H,30,33)/b23-22+. The van der Waals surface area contributed by atoms with Gasteiger partial charge in [0.25, 0.3) is 0 Å². The van der Waals surface area contributed by atoms with Crippen molar-refractivity contribution in [3.05, 3.63) is 76.7 Å². The summed E-state index contributed by atoms with van der Waals surface area (Å²) in [4.78, 5) is 13.5. The van der Waals surface area contributed by atoms with E-state index in [1.165, 1.54) is 0 Å². The number of benzene rings is 3. The van der Waals surface area contributed by atoms with Gasteiger partial charge in [-0.1, -0.05) is 48.0 Å². The van der Waals surface area contributed by atoms with Gasteiger partial charge in [-0.2, -0.15) is 0 Å². The SMILES string of the molecule is CNC(=O)/C(B1Nc2cccc3cccc(c23)N1)=C(\B1OC(C)(C)C(C)(C)O1)c1ccc(Cl)cc1. The van der Waals surface area contributed by atoms with Gasteiger partial charge in [0.2, 0.25) is 5.91 Å². The maximum absolute atomic E-state index is 13.5. The first-order valence-corrected chi connectivity index (χ1v) is 12.1. The summed E-state index contributed by atoms with van der Waals surface area (Å²) in [5, 5.41) is 12.7. The summed E-state index contributed by atoms with van der Waals surface area (Å²) in [6, 6.07) is 19.6. The Morgan fingerprint density at radius 1 is 0.886 bits per heavy atom.